The topological polar surface area (TPSA) is 93.3 Å². The molecule has 2 aromatic rings. The second-order valence-corrected chi connectivity index (χ2v) is 4.30. The third kappa shape index (κ3) is 3.13. The van der Waals surface area contributed by atoms with Gasteiger partial charge in [-0.3, -0.25) is 5.43 Å². The second-order valence-electron chi connectivity index (χ2n) is 3.24. The number of rotatable bonds is 5. The summed E-state index contributed by atoms with van der Waals surface area (Å²) < 4.78 is 5.52. The molecular formula is C10H12N4O2S. The van der Waals surface area contributed by atoms with Gasteiger partial charge in [0.2, 0.25) is 5.13 Å². The van der Waals surface area contributed by atoms with Crippen molar-refractivity contribution < 1.29 is 9.84 Å². The van der Waals surface area contributed by atoms with Crippen molar-refractivity contribution in [2.75, 3.05) is 5.43 Å². The number of aromatic nitrogens is 2. The summed E-state index contributed by atoms with van der Waals surface area (Å²) in [6.45, 7) is 0.325. The number of hydrogen-bond donors (Lipinski definition) is 3. The van der Waals surface area contributed by atoms with Gasteiger partial charge < -0.3 is 9.84 Å². The Morgan fingerprint density at radius 1 is 1.41 bits per heavy atom. The van der Waals surface area contributed by atoms with Gasteiger partial charge in [-0.1, -0.05) is 23.5 Å². The Hall–Kier alpha value is -1.70. The van der Waals surface area contributed by atoms with Crippen molar-refractivity contribution in [3.05, 3.63) is 34.8 Å². The first kappa shape index (κ1) is 11.8. The molecule has 0 spiro atoms. The van der Waals surface area contributed by atoms with Gasteiger partial charge in [-0.05, 0) is 17.7 Å². The number of nitrogen functional groups attached to an aromatic ring is 1. The molecule has 0 amide bonds. The molecule has 1 aromatic carbocycles. The van der Waals surface area contributed by atoms with Crippen molar-refractivity contribution >= 4 is 16.5 Å². The van der Waals surface area contributed by atoms with Gasteiger partial charge in [-0.25, -0.2) is 5.84 Å². The molecule has 1 aromatic heterocycles. The number of hydrogen-bond acceptors (Lipinski definition) is 7. The van der Waals surface area contributed by atoms with Crippen LogP contribution in [0.25, 0.3) is 0 Å². The lowest BCUT2D eigenvalue weighted by molar-refractivity contribution is 0.278. The van der Waals surface area contributed by atoms with E-state index in [0.717, 1.165) is 10.6 Å². The Balaban J connectivity index is 1.96. The Bertz CT molecular complexity index is 489. The highest BCUT2D eigenvalue weighted by atomic mass is 32.1. The number of benzene rings is 1. The Morgan fingerprint density at radius 3 is 3.00 bits per heavy atom. The van der Waals surface area contributed by atoms with E-state index in [4.69, 9.17) is 15.7 Å². The zero-order valence-electron chi connectivity index (χ0n) is 8.96. The number of anilines is 1. The number of ether oxygens (including phenoxy) is 1. The number of aliphatic hydroxyl groups is 1. The minimum Gasteiger partial charge on any atom is -0.486 e. The molecule has 1 heterocycles. The summed E-state index contributed by atoms with van der Waals surface area (Å²) in [5, 5.41) is 18.0. The van der Waals surface area contributed by atoms with Crippen LogP contribution >= 0.6 is 11.3 Å². The maximum Gasteiger partial charge on any atom is 0.219 e. The van der Waals surface area contributed by atoms with Crippen LogP contribution in [-0.2, 0) is 13.2 Å². The number of aliphatic hydroxyl groups excluding tert-OH is 1. The van der Waals surface area contributed by atoms with E-state index in [1.165, 1.54) is 11.3 Å². The third-order valence-electron chi connectivity index (χ3n) is 2.03. The fraction of sp³-hybridized carbons (Fsp3) is 0.200. The van der Waals surface area contributed by atoms with Gasteiger partial charge >= 0.3 is 0 Å². The molecule has 0 radical (unpaired) electrons. The van der Waals surface area contributed by atoms with Crippen LogP contribution in [0.4, 0.5) is 5.13 Å². The minimum atomic E-state index is -0.00273. The SMILES string of the molecule is NNc1nnc(COc2cccc(CO)c2)s1. The number of nitrogens with zero attached hydrogens (tertiary/aromatic N) is 2. The average Bonchev–Trinajstić information content (AvgIpc) is 2.84. The van der Waals surface area contributed by atoms with Gasteiger partial charge in [0.15, 0.2) is 5.01 Å². The van der Waals surface area contributed by atoms with E-state index < -0.39 is 0 Å². The molecule has 0 aliphatic heterocycles. The minimum absolute atomic E-state index is 0.00273. The van der Waals surface area contributed by atoms with E-state index in [9.17, 15) is 0 Å². The van der Waals surface area contributed by atoms with Crippen LogP contribution < -0.4 is 16.0 Å². The molecular weight excluding hydrogens is 240 g/mol. The predicted octanol–water partition coefficient (Wildman–Crippen LogP) is 0.895. The van der Waals surface area contributed by atoms with Crippen LogP contribution in [0.3, 0.4) is 0 Å². The van der Waals surface area contributed by atoms with Crippen molar-refractivity contribution in [1.29, 1.82) is 0 Å². The first-order valence-corrected chi connectivity index (χ1v) is 5.75. The van der Waals surface area contributed by atoms with Crippen LogP contribution in [-0.4, -0.2) is 15.3 Å². The summed E-state index contributed by atoms with van der Waals surface area (Å²) in [5.41, 5.74) is 3.23. The zero-order valence-corrected chi connectivity index (χ0v) is 9.78. The fourth-order valence-electron chi connectivity index (χ4n) is 1.25. The molecule has 7 heteroatoms. The highest BCUT2D eigenvalue weighted by Gasteiger charge is 2.03. The lowest BCUT2D eigenvalue weighted by Gasteiger charge is -2.04. The van der Waals surface area contributed by atoms with E-state index in [1.54, 1.807) is 6.07 Å². The van der Waals surface area contributed by atoms with Crippen molar-refractivity contribution in [2.24, 2.45) is 5.84 Å². The summed E-state index contributed by atoms with van der Waals surface area (Å²) in [5.74, 6) is 5.89. The lowest BCUT2D eigenvalue weighted by Crippen LogP contribution is -2.05. The van der Waals surface area contributed by atoms with E-state index in [-0.39, 0.29) is 6.61 Å². The number of nitrogens with two attached hydrogens (primary N) is 1. The van der Waals surface area contributed by atoms with E-state index >= 15 is 0 Å². The largest absolute Gasteiger partial charge is 0.486 e. The molecule has 0 saturated carbocycles. The molecule has 0 fully saturated rings. The molecule has 4 N–H and O–H groups in total. The summed E-state index contributed by atoms with van der Waals surface area (Å²) in [4.78, 5) is 0. The normalized spacial score (nSPS) is 10.2. The molecule has 2 rings (SSSR count). The average molecular weight is 252 g/mol. The molecule has 0 aliphatic carbocycles. The Morgan fingerprint density at radius 2 is 2.29 bits per heavy atom. The predicted molar refractivity (Wildman–Crippen MR) is 64.4 cm³/mol. The third-order valence-corrected chi connectivity index (χ3v) is 2.86. The van der Waals surface area contributed by atoms with Crippen LogP contribution in [0.1, 0.15) is 10.6 Å². The van der Waals surface area contributed by atoms with Gasteiger partial charge in [0.25, 0.3) is 0 Å². The maximum absolute atomic E-state index is 8.98. The monoisotopic (exact) mass is 252 g/mol. The summed E-state index contributed by atoms with van der Waals surface area (Å²) >= 11 is 1.33. The van der Waals surface area contributed by atoms with Gasteiger partial charge in [-0.2, -0.15) is 0 Å². The quantitative estimate of drug-likeness (QED) is 0.540. The lowest BCUT2D eigenvalue weighted by atomic mass is 10.2. The van der Waals surface area contributed by atoms with E-state index in [2.05, 4.69) is 15.6 Å². The maximum atomic E-state index is 8.98. The van der Waals surface area contributed by atoms with Crippen molar-refractivity contribution in [2.45, 2.75) is 13.2 Å². The van der Waals surface area contributed by atoms with Crippen LogP contribution in [0, 0.1) is 0 Å². The van der Waals surface area contributed by atoms with Crippen LogP contribution in [0.5, 0.6) is 5.75 Å². The molecule has 0 saturated heterocycles. The van der Waals surface area contributed by atoms with Crippen molar-refractivity contribution in [3.63, 3.8) is 0 Å². The molecule has 0 bridgehead atoms. The standard InChI is InChI=1S/C10H12N4O2S/c11-12-10-14-13-9(17-10)6-16-8-3-1-2-7(4-8)5-15/h1-4,15H,5-6,11H2,(H,12,14). The summed E-state index contributed by atoms with van der Waals surface area (Å²) in [6.07, 6.45) is 0. The highest BCUT2D eigenvalue weighted by Crippen LogP contribution is 2.18. The van der Waals surface area contributed by atoms with Gasteiger partial charge in [0.05, 0.1) is 6.61 Å². The second kappa shape index (κ2) is 5.58. The molecule has 0 unspecified atom stereocenters. The summed E-state index contributed by atoms with van der Waals surface area (Å²) in [6, 6.07) is 7.26. The number of nitrogens with one attached hydrogen (secondary N) is 1. The zero-order chi connectivity index (χ0) is 12.1. The summed E-state index contributed by atoms with van der Waals surface area (Å²) in [7, 11) is 0. The van der Waals surface area contributed by atoms with E-state index in [0.29, 0.717) is 17.5 Å². The molecule has 6 nitrogen and oxygen atoms in total. The van der Waals surface area contributed by atoms with Crippen molar-refractivity contribution in [1.82, 2.24) is 10.2 Å². The molecule has 90 valence electrons. The highest BCUT2D eigenvalue weighted by molar-refractivity contribution is 7.15. The fourth-order valence-corrected chi connectivity index (χ4v) is 1.81. The molecule has 17 heavy (non-hydrogen) atoms. The molecule has 0 aliphatic rings. The van der Waals surface area contributed by atoms with Gasteiger partial charge in [0, 0.05) is 0 Å². The number of hydrazine groups is 1. The van der Waals surface area contributed by atoms with E-state index in [1.807, 2.05) is 18.2 Å². The van der Waals surface area contributed by atoms with Gasteiger partial charge in [0.1, 0.15) is 12.4 Å². The smallest absolute Gasteiger partial charge is 0.219 e. The first-order chi connectivity index (χ1) is 8.31. The van der Waals surface area contributed by atoms with Crippen LogP contribution in [0.2, 0.25) is 0 Å². The Kier molecular flexibility index (Phi) is 3.86. The van der Waals surface area contributed by atoms with Crippen LogP contribution in [0.15, 0.2) is 24.3 Å². The van der Waals surface area contributed by atoms with Crippen molar-refractivity contribution in [3.8, 4) is 5.75 Å². The Labute approximate surface area is 102 Å². The first-order valence-electron chi connectivity index (χ1n) is 4.93. The molecule has 0 atom stereocenters. The van der Waals surface area contributed by atoms with Gasteiger partial charge in [-0.15, -0.1) is 10.2 Å².